The van der Waals surface area contributed by atoms with E-state index in [0.717, 1.165) is 44.2 Å². The maximum atomic E-state index is 10.2. The lowest BCUT2D eigenvalue weighted by Gasteiger charge is -2.34. The van der Waals surface area contributed by atoms with Crippen LogP contribution in [0.4, 0.5) is 0 Å². The Morgan fingerprint density at radius 2 is 0.574 bits per heavy atom. The van der Waals surface area contributed by atoms with Gasteiger partial charge in [0.15, 0.2) is 0 Å². The van der Waals surface area contributed by atoms with E-state index in [1.165, 1.54) is 55.6 Å². The van der Waals surface area contributed by atoms with Gasteiger partial charge in [0.2, 0.25) is 0 Å². The largest absolute Gasteiger partial charge is 0.508 e. The fraction of sp³-hybridized carbons (Fsp3) is 0.0345. The van der Waals surface area contributed by atoms with Gasteiger partial charge in [-0.1, -0.05) is 158 Å². The SMILES string of the molecule is Oc1ccc2cc(C3(c4ccc(Oc5ccc(C6(c7ccc8cc(O)ccc8c7)c7ccccc7-c7ccccc76)cc5)cc4)c4ccccc4-c4ccccc43)ccc2c1. The third-order valence-electron chi connectivity index (χ3n) is 13.2. The Kier molecular flexibility index (Phi) is 7.66. The van der Waals surface area contributed by atoms with E-state index in [2.05, 4.69) is 182 Å². The number of phenolic OH excluding ortho intramolecular Hbond substituents is 2. The second-order valence-electron chi connectivity index (χ2n) is 16.3. The van der Waals surface area contributed by atoms with Crippen LogP contribution in [0.5, 0.6) is 23.0 Å². The summed E-state index contributed by atoms with van der Waals surface area (Å²) in [5, 5.41) is 24.6. The molecule has 0 bridgehead atoms. The Morgan fingerprint density at radius 3 is 0.934 bits per heavy atom. The van der Waals surface area contributed by atoms with Crippen molar-refractivity contribution < 1.29 is 14.9 Å². The van der Waals surface area contributed by atoms with E-state index < -0.39 is 10.8 Å². The van der Waals surface area contributed by atoms with Gasteiger partial charge in [-0.15, -0.1) is 0 Å². The van der Waals surface area contributed by atoms with Crippen LogP contribution in [-0.4, -0.2) is 10.2 Å². The molecule has 2 N–H and O–H groups in total. The van der Waals surface area contributed by atoms with E-state index in [1.54, 1.807) is 12.1 Å². The van der Waals surface area contributed by atoms with Gasteiger partial charge in [0.25, 0.3) is 0 Å². The summed E-state index contributed by atoms with van der Waals surface area (Å²) < 4.78 is 6.66. The highest BCUT2D eigenvalue weighted by atomic mass is 16.5. The smallest absolute Gasteiger partial charge is 0.127 e. The van der Waals surface area contributed by atoms with Crippen LogP contribution < -0.4 is 4.74 Å². The number of phenols is 2. The second-order valence-corrected chi connectivity index (χ2v) is 16.3. The number of hydrogen-bond acceptors (Lipinski definition) is 3. The average Bonchev–Trinajstić information content (AvgIpc) is 3.78. The molecule has 2 aliphatic rings. The number of aromatic hydroxyl groups is 2. The number of ether oxygens (including phenoxy) is 1. The van der Waals surface area contributed by atoms with Crippen LogP contribution in [0.25, 0.3) is 43.8 Å². The van der Waals surface area contributed by atoms with Crippen molar-refractivity contribution in [2.75, 3.05) is 0 Å². The van der Waals surface area contributed by atoms with E-state index in [1.807, 2.05) is 24.3 Å². The highest BCUT2D eigenvalue weighted by Crippen LogP contribution is 2.58. The van der Waals surface area contributed by atoms with Gasteiger partial charge in [-0.05, 0) is 149 Å². The molecule has 0 aliphatic heterocycles. The van der Waals surface area contributed by atoms with E-state index in [9.17, 15) is 10.2 Å². The lowest BCUT2D eigenvalue weighted by Crippen LogP contribution is -2.28. The zero-order valence-electron chi connectivity index (χ0n) is 33.1. The molecule has 0 amide bonds. The first-order valence-corrected chi connectivity index (χ1v) is 20.8. The van der Waals surface area contributed by atoms with Crippen LogP contribution in [0.15, 0.2) is 218 Å². The van der Waals surface area contributed by atoms with Gasteiger partial charge >= 0.3 is 0 Å². The van der Waals surface area contributed by atoms with Crippen molar-refractivity contribution in [1.82, 2.24) is 0 Å². The Labute approximate surface area is 354 Å². The predicted molar refractivity (Wildman–Crippen MR) is 246 cm³/mol. The molecule has 0 spiro atoms. The van der Waals surface area contributed by atoms with Gasteiger partial charge in [0.05, 0.1) is 10.8 Å². The molecule has 2 aliphatic carbocycles. The van der Waals surface area contributed by atoms with Gasteiger partial charge < -0.3 is 14.9 Å². The van der Waals surface area contributed by atoms with Crippen molar-refractivity contribution in [3.8, 4) is 45.3 Å². The number of rotatable bonds is 6. The summed E-state index contributed by atoms with van der Waals surface area (Å²) >= 11 is 0. The summed E-state index contributed by atoms with van der Waals surface area (Å²) in [6.07, 6.45) is 0. The standard InChI is InChI=1S/C58H38O3/c59-45-27-19-37-33-43(21-17-39(37)35-45)57(53-13-5-1-9-49(53)50-10-2-6-14-54(50)57)41-23-29-47(30-24-41)61-48-31-25-42(26-32-48)58(44-22-18-40-36-46(60)28-20-38(40)34-44)55-15-7-3-11-51(55)52-12-4-8-16-56(52)58/h1-36,59-60H. The van der Waals surface area contributed by atoms with Crippen molar-refractivity contribution in [2.45, 2.75) is 10.8 Å². The molecule has 3 heteroatoms. The van der Waals surface area contributed by atoms with Crippen LogP contribution in [0.3, 0.4) is 0 Å². The van der Waals surface area contributed by atoms with Crippen LogP contribution in [0.2, 0.25) is 0 Å². The third kappa shape index (κ3) is 5.11. The Balaban J connectivity index is 0.950. The van der Waals surface area contributed by atoms with Gasteiger partial charge in [-0.2, -0.15) is 0 Å². The van der Waals surface area contributed by atoms with Crippen molar-refractivity contribution in [3.05, 3.63) is 263 Å². The second kappa shape index (κ2) is 13.3. The van der Waals surface area contributed by atoms with E-state index in [4.69, 9.17) is 4.74 Å². The summed E-state index contributed by atoms with van der Waals surface area (Å²) in [6, 6.07) is 76.6. The number of benzene rings is 10. The third-order valence-corrected chi connectivity index (χ3v) is 13.2. The first-order valence-electron chi connectivity index (χ1n) is 20.8. The monoisotopic (exact) mass is 782 g/mol. The molecular weight excluding hydrogens is 745 g/mol. The van der Waals surface area contributed by atoms with E-state index >= 15 is 0 Å². The molecule has 0 aromatic heterocycles. The Morgan fingerprint density at radius 1 is 0.279 bits per heavy atom. The number of hydrogen-bond donors (Lipinski definition) is 2. The normalized spacial score (nSPS) is 14.0. The molecule has 10 aromatic rings. The summed E-state index contributed by atoms with van der Waals surface area (Å²) in [7, 11) is 0. The highest BCUT2D eigenvalue weighted by molar-refractivity contribution is 5.92. The zero-order valence-corrected chi connectivity index (χ0v) is 33.1. The topological polar surface area (TPSA) is 49.7 Å². The van der Waals surface area contributed by atoms with Crippen molar-refractivity contribution in [2.24, 2.45) is 0 Å². The molecule has 0 atom stereocenters. The quantitative estimate of drug-likeness (QED) is 0.177. The summed E-state index contributed by atoms with van der Waals surface area (Å²) in [6.45, 7) is 0. The lowest BCUT2D eigenvalue weighted by atomic mass is 9.67. The van der Waals surface area contributed by atoms with Crippen molar-refractivity contribution in [1.29, 1.82) is 0 Å². The molecule has 0 heterocycles. The van der Waals surface area contributed by atoms with Gasteiger partial charge in [0, 0.05) is 0 Å². The fourth-order valence-corrected chi connectivity index (χ4v) is 10.7. The average molecular weight is 783 g/mol. The maximum absolute atomic E-state index is 10.2. The lowest BCUT2D eigenvalue weighted by molar-refractivity contribution is 0.475. The molecular formula is C58H38O3. The molecule has 0 saturated carbocycles. The molecule has 0 radical (unpaired) electrons. The minimum absolute atomic E-state index is 0.262. The first kappa shape index (κ1) is 35.1. The number of fused-ring (bicyclic) bond motifs is 8. The molecule has 0 unspecified atom stereocenters. The minimum atomic E-state index is -0.565. The molecule has 288 valence electrons. The molecule has 10 aromatic carbocycles. The molecule has 3 nitrogen and oxygen atoms in total. The van der Waals surface area contributed by atoms with Gasteiger partial charge in [-0.25, -0.2) is 0 Å². The molecule has 61 heavy (non-hydrogen) atoms. The highest BCUT2D eigenvalue weighted by Gasteiger charge is 2.47. The molecule has 0 fully saturated rings. The van der Waals surface area contributed by atoms with Gasteiger partial charge in [-0.3, -0.25) is 0 Å². The van der Waals surface area contributed by atoms with Crippen LogP contribution in [0.1, 0.15) is 44.5 Å². The minimum Gasteiger partial charge on any atom is -0.508 e. The van der Waals surface area contributed by atoms with E-state index in [0.29, 0.717) is 0 Å². The fourth-order valence-electron chi connectivity index (χ4n) is 10.7. The Hall–Kier alpha value is -7.88. The van der Waals surface area contributed by atoms with Crippen LogP contribution in [-0.2, 0) is 10.8 Å². The summed E-state index contributed by atoms with van der Waals surface area (Å²) in [5.41, 5.74) is 13.4. The molecule has 12 rings (SSSR count). The maximum Gasteiger partial charge on any atom is 0.127 e. The van der Waals surface area contributed by atoms with E-state index in [-0.39, 0.29) is 11.5 Å². The molecule has 0 saturated heterocycles. The zero-order chi connectivity index (χ0) is 40.7. The van der Waals surface area contributed by atoms with Crippen LogP contribution >= 0.6 is 0 Å². The van der Waals surface area contributed by atoms with Crippen molar-refractivity contribution in [3.63, 3.8) is 0 Å². The Bertz CT molecular complexity index is 3040. The van der Waals surface area contributed by atoms with Gasteiger partial charge in [0.1, 0.15) is 23.0 Å². The van der Waals surface area contributed by atoms with Crippen molar-refractivity contribution >= 4 is 21.5 Å². The summed E-state index contributed by atoms with van der Waals surface area (Å²) in [4.78, 5) is 0. The van der Waals surface area contributed by atoms with Crippen LogP contribution in [0, 0.1) is 0 Å². The first-order chi connectivity index (χ1) is 30.0. The predicted octanol–water partition coefficient (Wildman–Crippen LogP) is 13.9. The summed E-state index contributed by atoms with van der Waals surface area (Å²) in [5.74, 6) is 2.03.